The Balaban J connectivity index is 1.93. The van der Waals surface area contributed by atoms with Gasteiger partial charge in [0.25, 0.3) is 0 Å². The Morgan fingerprint density at radius 3 is 3.00 bits per heavy atom. The van der Waals surface area contributed by atoms with Gasteiger partial charge >= 0.3 is 0 Å². The van der Waals surface area contributed by atoms with Crippen molar-refractivity contribution in [1.29, 1.82) is 0 Å². The zero-order valence-electron chi connectivity index (χ0n) is 8.51. The molecule has 0 radical (unpaired) electrons. The fourth-order valence-corrected chi connectivity index (χ4v) is 3.96. The Morgan fingerprint density at radius 1 is 1.21 bits per heavy atom. The van der Waals surface area contributed by atoms with Crippen molar-refractivity contribution in [3.05, 3.63) is 21.4 Å². The fourth-order valence-electron chi connectivity index (χ4n) is 2.76. The van der Waals surface area contributed by atoms with E-state index in [4.69, 9.17) is 0 Å². The van der Waals surface area contributed by atoms with Crippen LogP contribution in [0.5, 0.6) is 0 Å². The summed E-state index contributed by atoms with van der Waals surface area (Å²) in [5, 5.41) is 6.03. The van der Waals surface area contributed by atoms with E-state index in [9.17, 15) is 0 Å². The van der Waals surface area contributed by atoms with Gasteiger partial charge in [0.1, 0.15) is 0 Å². The van der Waals surface area contributed by atoms with Gasteiger partial charge in [-0.05, 0) is 61.6 Å². The lowest BCUT2D eigenvalue weighted by molar-refractivity contribution is 0.624. The highest BCUT2D eigenvalue weighted by Crippen LogP contribution is 2.36. The van der Waals surface area contributed by atoms with Gasteiger partial charge in [0, 0.05) is 10.9 Å². The highest BCUT2D eigenvalue weighted by molar-refractivity contribution is 7.10. The summed E-state index contributed by atoms with van der Waals surface area (Å²) in [5.41, 5.74) is 3.35. The predicted octanol–water partition coefficient (Wildman–Crippen LogP) is 3.05. The standard InChI is InChI=1S/C12H17NS/c1-2-6-12-9(4-1)10(8-14-12)11-5-3-7-13-11/h8,11,13H,1-7H2. The molecule has 1 saturated heterocycles. The number of fused-ring (bicyclic) bond motifs is 1. The molecule has 76 valence electrons. The summed E-state index contributed by atoms with van der Waals surface area (Å²) in [4.78, 5) is 1.68. The van der Waals surface area contributed by atoms with Crippen LogP contribution in [0.25, 0.3) is 0 Å². The third-order valence-electron chi connectivity index (χ3n) is 3.53. The zero-order chi connectivity index (χ0) is 9.38. The summed E-state index contributed by atoms with van der Waals surface area (Å²) in [5.74, 6) is 0. The summed E-state index contributed by atoms with van der Waals surface area (Å²) in [6, 6.07) is 0.688. The van der Waals surface area contributed by atoms with Crippen molar-refractivity contribution < 1.29 is 0 Å². The van der Waals surface area contributed by atoms with Crippen molar-refractivity contribution >= 4 is 11.3 Å². The number of aryl methyl sites for hydroxylation is 1. The van der Waals surface area contributed by atoms with Gasteiger partial charge in [0.15, 0.2) is 0 Å². The SMILES string of the molecule is c1sc2c(c1C1CCCN1)CCCC2. The Bertz CT molecular complexity index is 323. The third-order valence-corrected chi connectivity index (χ3v) is 4.64. The number of thiophene rings is 1. The van der Waals surface area contributed by atoms with Crippen LogP contribution in [0.4, 0.5) is 0 Å². The van der Waals surface area contributed by atoms with Crippen LogP contribution in [0, 0.1) is 0 Å². The molecule has 0 saturated carbocycles. The molecule has 1 aliphatic heterocycles. The minimum atomic E-state index is 0.688. The van der Waals surface area contributed by atoms with Crippen LogP contribution in [0.15, 0.2) is 5.38 Å². The fraction of sp³-hybridized carbons (Fsp3) is 0.667. The van der Waals surface area contributed by atoms with Crippen molar-refractivity contribution in [3.8, 4) is 0 Å². The largest absolute Gasteiger partial charge is 0.310 e. The predicted molar refractivity (Wildman–Crippen MR) is 60.9 cm³/mol. The van der Waals surface area contributed by atoms with Crippen LogP contribution in [-0.2, 0) is 12.8 Å². The maximum Gasteiger partial charge on any atom is 0.0331 e. The van der Waals surface area contributed by atoms with Gasteiger partial charge in [0.05, 0.1) is 0 Å². The Kier molecular flexibility index (Phi) is 2.34. The maximum absolute atomic E-state index is 3.62. The van der Waals surface area contributed by atoms with Crippen molar-refractivity contribution in [2.75, 3.05) is 6.54 Å². The number of hydrogen-bond donors (Lipinski definition) is 1. The van der Waals surface area contributed by atoms with Crippen LogP contribution in [-0.4, -0.2) is 6.54 Å². The molecule has 1 aromatic rings. The van der Waals surface area contributed by atoms with Crippen molar-refractivity contribution in [3.63, 3.8) is 0 Å². The molecule has 1 fully saturated rings. The van der Waals surface area contributed by atoms with Gasteiger partial charge in [-0.15, -0.1) is 11.3 Å². The molecule has 1 unspecified atom stereocenters. The number of nitrogens with one attached hydrogen (secondary N) is 1. The highest BCUT2D eigenvalue weighted by Gasteiger charge is 2.23. The normalized spacial score (nSPS) is 26.4. The van der Waals surface area contributed by atoms with Gasteiger partial charge in [-0.25, -0.2) is 0 Å². The Labute approximate surface area is 89.5 Å². The summed E-state index contributed by atoms with van der Waals surface area (Å²) in [6.07, 6.45) is 8.20. The quantitative estimate of drug-likeness (QED) is 0.746. The summed E-state index contributed by atoms with van der Waals surface area (Å²) >= 11 is 2.00. The topological polar surface area (TPSA) is 12.0 Å². The van der Waals surface area contributed by atoms with Gasteiger partial charge in [-0.2, -0.15) is 0 Å². The number of rotatable bonds is 1. The second kappa shape index (κ2) is 3.67. The smallest absolute Gasteiger partial charge is 0.0331 e. The molecule has 3 rings (SSSR count). The van der Waals surface area contributed by atoms with E-state index in [-0.39, 0.29) is 0 Å². The van der Waals surface area contributed by atoms with E-state index in [0.717, 1.165) is 0 Å². The van der Waals surface area contributed by atoms with Gasteiger partial charge in [-0.3, -0.25) is 0 Å². The molecule has 1 N–H and O–H groups in total. The highest BCUT2D eigenvalue weighted by atomic mass is 32.1. The van der Waals surface area contributed by atoms with Gasteiger partial charge in [-0.1, -0.05) is 0 Å². The molecule has 1 nitrogen and oxygen atoms in total. The lowest BCUT2D eigenvalue weighted by atomic mass is 9.92. The second-order valence-electron chi connectivity index (χ2n) is 4.45. The van der Waals surface area contributed by atoms with Gasteiger partial charge < -0.3 is 5.32 Å². The molecule has 2 aliphatic rings. The molecular formula is C12H17NS. The molecular weight excluding hydrogens is 190 g/mol. The first-order valence-electron chi connectivity index (χ1n) is 5.77. The van der Waals surface area contributed by atoms with E-state index >= 15 is 0 Å². The Morgan fingerprint density at radius 2 is 2.14 bits per heavy atom. The molecule has 2 heterocycles. The average molecular weight is 207 g/mol. The maximum atomic E-state index is 3.62. The van der Waals surface area contributed by atoms with E-state index in [1.54, 1.807) is 16.0 Å². The van der Waals surface area contributed by atoms with E-state index in [2.05, 4.69) is 10.7 Å². The molecule has 14 heavy (non-hydrogen) atoms. The summed E-state index contributed by atoms with van der Waals surface area (Å²) in [6.45, 7) is 1.22. The molecule has 2 heteroatoms. The minimum Gasteiger partial charge on any atom is -0.310 e. The van der Waals surface area contributed by atoms with Crippen LogP contribution in [0.3, 0.4) is 0 Å². The van der Waals surface area contributed by atoms with Crippen LogP contribution in [0.2, 0.25) is 0 Å². The van der Waals surface area contributed by atoms with E-state index in [0.29, 0.717) is 6.04 Å². The van der Waals surface area contributed by atoms with Crippen molar-refractivity contribution in [2.24, 2.45) is 0 Å². The monoisotopic (exact) mass is 207 g/mol. The third kappa shape index (κ3) is 1.41. The van der Waals surface area contributed by atoms with Gasteiger partial charge in [0.2, 0.25) is 0 Å². The average Bonchev–Trinajstić information content (AvgIpc) is 2.85. The van der Waals surface area contributed by atoms with E-state index < -0.39 is 0 Å². The molecule has 0 bridgehead atoms. The van der Waals surface area contributed by atoms with E-state index in [1.807, 2.05) is 11.3 Å². The first-order chi connectivity index (χ1) is 6.95. The number of hydrogen-bond acceptors (Lipinski definition) is 2. The summed E-state index contributed by atoms with van der Waals surface area (Å²) in [7, 11) is 0. The minimum absolute atomic E-state index is 0.688. The van der Waals surface area contributed by atoms with Crippen LogP contribution in [0.1, 0.15) is 47.7 Å². The van der Waals surface area contributed by atoms with Crippen molar-refractivity contribution in [2.45, 2.75) is 44.6 Å². The summed E-state index contributed by atoms with van der Waals surface area (Å²) < 4.78 is 0. The second-order valence-corrected chi connectivity index (χ2v) is 5.41. The first-order valence-corrected chi connectivity index (χ1v) is 6.65. The molecule has 0 amide bonds. The van der Waals surface area contributed by atoms with Crippen LogP contribution >= 0.6 is 11.3 Å². The zero-order valence-corrected chi connectivity index (χ0v) is 9.33. The molecule has 1 aromatic heterocycles. The van der Waals surface area contributed by atoms with Crippen molar-refractivity contribution in [1.82, 2.24) is 5.32 Å². The lowest BCUT2D eigenvalue weighted by Crippen LogP contribution is -2.14. The van der Waals surface area contributed by atoms with Crippen LogP contribution < -0.4 is 5.32 Å². The van der Waals surface area contributed by atoms with E-state index in [1.165, 1.54) is 45.1 Å². The lowest BCUT2D eigenvalue weighted by Gasteiger charge is -2.16. The molecule has 0 spiro atoms. The molecule has 1 atom stereocenters. The molecule has 1 aliphatic carbocycles. The molecule has 0 aromatic carbocycles. The first kappa shape index (κ1) is 8.93. The Hall–Kier alpha value is -0.340.